The number of hydrogen-bond acceptors (Lipinski definition) is 0. The van der Waals surface area contributed by atoms with Crippen molar-refractivity contribution in [2.45, 2.75) is 0 Å². The van der Waals surface area contributed by atoms with Gasteiger partial charge in [-0.2, -0.15) is 0 Å². The summed E-state index contributed by atoms with van der Waals surface area (Å²) in [5, 5.41) is 12.4. The van der Waals surface area contributed by atoms with Crippen LogP contribution < -0.4 is 0 Å². The third kappa shape index (κ3) is 3.47. The van der Waals surface area contributed by atoms with E-state index in [0.717, 1.165) is 5.69 Å². The van der Waals surface area contributed by atoms with Gasteiger partial charge < -0.3 is 13.4 Å². The van der Waals surface area contributed by atoms with Crippen LogP contribution >= 0.6 is 0 Å². The lowest BCUT2D eigenvalue weighted by molar-refractivity contribution is 1.18. The van der Waals surface area contributed by atoms with Gasteiger partial charge >= 0.3 is 0 Å². The van der Waals surface area contributed by atoms with E-state index in [2.05, 4.69) is 189 Å². The van der Waals surface area contributed by atoms with Gasteiger partial charge in [0.2, 0.25) is 0 Å². The monoisotopic (exact) mass is 647 g/mol. The summed E-state index contributed by atoms with van der Waals surface area (Å²) < 4.78 is 7.46. The van der Waals surface area contributed by atoms with Crippen molar-refractivity contribution in [3.05, 3.63) is 176 Å². The van der Waals surface area contributed by atoms with E-state index in [1.165, 1.54) is 98.0 Å². The van der Waals surface area contributed by atoms with Gasteiger partial charge in [0, 0.05) is 59.5 Å². The quantitative estimate of drug-likeness (QED) is 0.168. The van der Waals surface area contributed by atoms with Crippen molar-refractivity contribution in [1.82, 2.24) is 13.4 Å². The van der Waals surface area contributed by atoms with Crippen molar-refractivity contribution in [2.75, 3.05) is 0 Å². The summed E-state index contributed by atoms with van der Waals surface area (Å²) in [5.41, 5.74) is 10.8. The molecule has 4 heterocycles. The second kappa shape index (κ2) is 9.87. The molecule has 12 rings (SSSR count). The zero-order chi connectivity index (χ0) is 33.2. The third-order valence-electron chi connectivity index (χ3n) is 11.2. The largest absolute Gasteiger partial charge is 0.309 e. The highest BCUT2D eigenvalue weighted by Crippen LogP contribution is 2.41. The lowest BCUT2D eigenvalue weighted by Crippen LogP contribution is -1.94. The zero-order valence-electron chi connectivity index (χ0n) is 27.6. The molecule has 0 spiro atoms. The van der Waals surface area contributed by atoms with E-state index >= 15 is 0 Å². The van der Waals surface area contributed by atoms with E-state index in [0.29, 0.717) is 0 Å². The van der Waals surface area contributed by atoms with Crippen LogP contribution in [0.4, 0.5) is 0 Å². The van der Waals surface area contributed by atoms with E-state index < -0.39 is 0 Å². The Morgan fingerprint density at radius 2 is 0.549 bits per heavy atom. The molecule has 3 heteroatoms. The van der Waals surface area contributed by atoms with Crippen LogP contribution in [0.2, 0.25) is 0 Å². The molecule has 0 N–H and O–H groups in total. The molecule has 0 saturated heterocycles. The van der Waals surface area contributed by atoms with E-state index in [1.807, 2.05) is 0 Å². The van der Waals surface area contributed by atoms with Crippen LogP contribution in [-0.2, 0) is 0 Å². The Balaban J connectivity index is 1.37. The topological polar surface area (TPSA) is 13.8 Å². The molecular weight excluding hydrogens is 619 g/mol. The van der Waals surface area contributed by atoms with Gasteiger partial charge in [-0.15, -0.1) is 0 Å². The Morgan fingerprint density at radius 3 is 1.02 bits per heavy atom. The molecule has 0 radical (unpaired) electrons. The predicted octanol–water partition coefficient (Wildman–Crippen LogP) is 12.8. The van der Waals surface area contributed by atoms with Crippen molar-refractivity contribution in [2.24, 2.45) is 0 Å². The van der Waals surface area contributed by atoms with E-state index in [4.69, 9.17) is 0 Å². The minimum absolute atomic E-state index is 1.16. The van der Waals surface area contributed by atoms with Crippen LogP contribution in [-0.4, -0.2) is 13.4 Å². The van der Waals surface area contributed by atoms with Crippen LogP contribution in [0, 0.1) is 0 Å². The third-order valence-corrected chi connectivity index (χ3v) is 11.2. The normalized spacial score (nSPS) is 12.3. The fourth-order valence-corrected chi connectivity index (χ4v) is 9.14. The molecule has 0 aliphatic carbocycles. The summed E-state index contributed by atoms with van der Waals surface area (Å²) in [6, 6.07) is 65.0. The minimum Gasteiger partial charge on any atom is -0.309 e. The Hall–Kier alpha value is -6.84. The van der Waals surface area contributed by atoms with Crippen molar-refractivity contribution >= 4 is 98.0 Å². The van der Waals surface area contributed by atoms with Gasteiger partial charge in [0.15, 0.2) is 0 Å². The molecule has 0 unspecified atom stereocenters. The number of nitrogens with zero attached hydrogens (tertiary/aromatic N) is 3. The van der Waals surface area contributed by atoms with Crippen molar-refractivity contribution in [3.8, 4) is 5.69 Å². The Kier molecular flexibility index (Phi) is 5.23. The average Bonchev–Trinajstić information content (AvgIpc) is 3.83. The maximum atomic E-state index is 2.53. The standard InChI is InChI=1S/C48H29N3/c1-6-22-41-31(13-1)32-14-2-7-23-42(32)49(41)30-27-28-46-40(29-30)39-21-12-20-38-37-19-11-18-36-35-17-5-10-26-45(35)50(47(36)37)43-24-8-3-15-33(43)34-16-4-9-25-44(34)51(46)48(38)39/h1-29H. The molecule has 4 aromatic heterocycles. The molecule has 3 nitrogen and oxygen atoms in total. The number of fused-ring (bicyclic) bond motifs is 15. The summed E-state index contributed by atoms with van der Waals surface area (Å²) in [6.07, 6.45) is 0. The van der Waals surface area contributed by atoms with Gasteiger partial charge in [-0.3, -0.25) is 0 Å². The molecule has 0 atom stereocenters. The maximum absolute atomic E-state index is 2.53. The van der Waals surface area contributed by atoms with Crippen LogP contribution in [0.3, 0.4) is 0 Å². The van der Waals surface area contributed by atoms with E-state index in [9.17, 15) is 0 Å². The molecule has 0 aliphatic heterocycles. The molecule has 236 valence electrons. The van der Waals surface area contributed by atoms with E-state index in [-0.39, 0.29) is 0 Å². The highest BCUT2D eigenvalue weighted by atomic mass is 15.0. The average molecular weight is 648 g/mol. The first-order chi connectivity index (χ1) is 25.3. The Labute approximate surface area is 292 Å². The highest BCUT2D eigenvalue weighted by molar-refractivity contribution is 6.25. The molecule has 51 heavy (non-hydrogen) atoms. The van der Waals surface area contributed by atoms with Gasteiger partial charge in [0.05, 0.1) is 44.1 Å². The van der Waals surface area contributed by atoms with E-state index in [1.54, 1.807) is 0 Å². The first kappa shape index (κ1) is 27.0. The SMILES string of the molecule is c1ccc2c(c1)c1ccccc1n2-c1ccc2c(c1)c1cccc3c4cccc5c6ccccc6n(c6ccccc6c6ccccc6n2c13)c54. The molecule has 12 aromatic rings. The predicted molar refractivity (Wildman–Crippen MR) is 217 cm³/mol. The van der Waals surface area contributed by atoms with Crippen molar-refractivity contribution in [1.29, 1.82) is 0 Å². The smallest absolute Gasteiger partial charge is 0.0620 e. The van der Waals surface area contributed by atoms with Crippen LogP contribution in [0.5, 0.6) is 0 Å². The molecule has 0 saturated carbocycles. The van der Waals surface area contributed by atoms with Gasteiger partial charge in [-0.25, -0.2) is 0 Å². The van der Waals surface area contributed by atoms with Crippen LogP contribution in [0.1, 0.15) is 0 Å². The molecule has 0 aliphatic rings. The summed E-state index contributed by atoms with van der Waals surface area (Å²) in [4.78, 5) is 0. The summed E-state index contributed by atoms with van der Waals surface area (Å²) in [5.74, 6) is 0. The minimum atomic E-state index is 1.16. The fraction of sp³-hybridized carbons (Fsp3) is 0. The number of aromatic nitrogens is 3. The number of benzene rings is 8. The lowest BCUT2D eigenvalue weighted by atomic mass is 10.0. The Bertz CT molecular complexity index is 3430. The van der Waals surface area contributed by atoms with Gasteiger partial charge in [-0.05, 0) is 48.5 Å². The molecule has 0 fully saturated rings. The zero-order valence-corrected chi connectivity index (χ0v) is 27.6. The molecule has 0 amide bonds. The first-order valence-corrected chi connectivity index (χ1v) is 17.6. The summed E-state index contributed by atoms with van der Waals surface area (Å²) >= 11 is 0. The van der Waals surface area contributed by atoms with Crippen molar-refractivity contribution in [3.63, 3.8) is 0 Å². The Morgan fingerprint density at radius 1 is 0.235 bits per heavy atom. The van der Waals surface area contributed by atoms with Crippen molar-refractivity contribution < 1.29 is 0 Å². The first-order valence-electron chi connectivity index (χ1n) is 17.6. The van der Waals surface area contributed by atoms with Crippen LogP contribution in [0.15, 0.2) is 176 Å². The number of para-hydroxylation sites is 7. The fourth-order valence-electron chi connectivity index (χ4n) is 9.14. The van der Waals surface area contributed by atoms with Gasteiger partial charge in [-0.1, -0.05) is 127 Å². The molecular formula is C48H29N3. The number of hydrogen-bond donors (Lipinski definition) is 0. The lowest BCUT2D eigenvalue weighted by Gasteiger charge is -2.10. The van der Waals surface area contributed by atoms with Gasteiger partial charge in [0.25, 0.3) is 0 Å². The second-order valence-corrected chi connectivity index (χ2v) is 13.7. The molecule has 8 aromatic carbocycles. The summed E-state index contributed by atoms with van der Waals surface area (Å²) in [7, 11) is 0. The van der Waals surface area contributed by atoms with Crippen LogP contribution in [0.25, 0.3) is 104 Å². The second-order valence-electron chi connectivity index (χ2n) is 13.7. The highest BCUT2D eigenvalue weighted by Gasteiger charge is 2.19. The van der Waals surface area contributed by atoms with Gasteiger partial charge in [0.1, 0.15) is 0 Å². The molecule has 0 bridgehead atoms. The number of rotatable bonds is 1. The maximum Gasteiger partial charge on any atom is 0.0620 e. The summed E-state index contributed by atoms with van der Waals surface area (Å²) in [6.45, 7) is 0.